The van der Waals surface area contributed by atoms with Gasteiger partial charge in [-0.1, -0.05) is 0 Å². The molecule has 114 valence electrons. The molecule has 0 aliphatic heterocycles. The van der Waals surface area contributed by atoms with Gasteiger partial charge in [0.25, 0.3) is 10.0 Å². The minimum atomic E-state index is -3.71. The van der Waals surface area contributed by atoms with Crippen LogP contribution in [0, 0.1) is 34.6 Å². The number of anilines is 2. The second-order valence-corrected chi connectivity index (χ2v) is 7.95. The SMILES string of the molecule is Cc1cc(N)c(C)c(S(=O)(=O)Nc2nc(C)c(C)s2)c1C. The molecule has 1 heterocycles. The van der Waals surface area contributed by atoms with Crippen LogP contribution in [0.4, 0.5) is 10.8 Å². The van der Waals surface area contributed by atoms with Crippen molar-refractivity contribution in [1.82, 2.24) is 4.98 Å². The van der Waals surface area contributed by atoms with Gasteiger partial charge in [-0.05, 0) is 57.4 Å². The van der Waals surface area contributed by atoms with E-state index in [1.54, 1.807) is 19.9 Å². The Hall–Kier alpha value is -1.60. The van der Waals surface area contributed by atoms with E-state index in [1.165, 1.54) is 11.3 Å². The summed E-state index contributed by atoms with van der Waals surface area (Å²) < 4.78 is 27.9. The zero-order valence-corrected chi connectivity index (χ0v) is 14.4. The number of nitrogens with one attached hydrogen (secondary N) is 1. The molecule has 7 heteroatoms. The van der Waals surface area contributed by atoms with Crippen molar-refractivity contribution >= 4 is 32.2 Å². The molecule has 0 bridgehead atoms. The van der Waals surface area contributed by atoms with Crippen LogP contribution in [0.15, 0.2) is 11.0 Å². The third kappa shape index (κ3) is 2.89. The van der Waals surface area contributed by atoms with Crippen LogP contribution in [-0.2, 0) is 10.0 Å². The van der Waals surface area contributed by atoms with Crippen molar-refractivity contribution in [3.05, 3.63) is 33.3 Å². The number of thiazole rings is 1. The highest BCUT2D eigenvalue weighted by Crippen LogP contribution is 2.30. The lowest BCUT2D eigenvalue weighted by Crippen LogP contribution is -2.17. The van der Waals surface area contributed by atoms with Gasteiger partial charge in [-0.3, -0.25) is 4.72 Å². The first-order valence-corrected chi connectivity index (χ1v) is 8.76. The first-order chi connectivity index (χ1) is 9.63. The minimum absolute atomic E-state index is 0.241. The molecule has 1 aromatic heterocycles. The molecule has 0 aliphatic rings. The quantitative estimate of drug-likeness (QED) is 0.849. The van der Waals surface area contributed by atoms with E-state index in [2.05, 4.69) is 9.71 Å². The third-order valence-electron chi connectivity index (χ3n) is 3.60. The van der Waals surface area contributed by atoms with Crippen LogP contribution in [-0.4, -0.2) is 13.4 Å². The number of rotatable bonds is 3. The second-order valence-electron chi connectivity index (χ2n) is 5.13. The highest BCUT2D eigenvalue weighted by Gasteiger charge is 2.23. The van der Waals surface area contributed by atoms with Gasteiger partial charge in [-0.2, -0.15) is 0 Å². The fourth-order valence-electron chi connectivity index (χ4n) is 2.13. The molecule has 0 atom stereocenters. The average molecular weight is 325 g/mol. The highest BCUT2D eigenvalue weighted by atomic mass is 32.2. The van der Waals surface area contributed by atoms with Crippen LogP contribution in [0.5, 0.6) is 0 Å². The number of aryl methyl sites for hydroxylation is 3. The molecule has 2 aromatic rings. The summed E-state index contributed by atoms with van der Waals surface area (Å²) in [6, 6.07) is 1.79. The van der Waals surface area contributed by atoms with Crippen molar-refractivity contribution in [2.45, 2.75) is 39.5 Å². The fourth-order valence-corrected chi connectivity index (χ4v) is 4.75. The van der Waals surface area contributed by atoms with E-state index in [-0.39, 0.29) is 4.90 Å². The van der Waals surface area contributed by atoms with Gasteiger partial charge < -0.3 is 5.73 Å². The summed E-state index contributed by atoms with van der Waals surface area (Å²) in [6.45, 7) is 9.11. The minimum Gasteiger partial charge on any atom is -0.398 e. The smallest absolute Gasteiger partial charge is 0.264 e. The van der Waals surface area contributed by atoms with Gasteiger partial charge in [-0.25, -0.2) is 13.4 Å². The van der Waals surface area contributed by atoms with Gasteiger partial charge in [-0.15, -0.1) is 11.3 Å². The molecule has 0 fully saturated rings. The number of aromatic nitrogens is 1. The fraction of sp³-hybridized carbons (Fsp3) is 0.357. The number of benzene rings is 1. The van der Waals surface area contributed by atoms with Crippen molar-refractivity contribution in [3.63, 3.8) is 0 Å². The molecule has 0 unspecified atom stereocenters. The molecule has 0 saturated carbocycles. The summed E-state index contributed by atoms with van der Waals surface area (Å²) in [5, 5.41) is 0.379. The van der Waals surface area contributed by atoms with Crippen molar-refractivity contribution in [3.8, 4) is 0 Å². The molecule has 2 rings (SSSR count). The second kappa shape index (κ2) is 5.31. The first-order valence-electron chi connectivity index (χ1n) is 6.46. The topological polar surface area (TPSA) is 85.1 Å². The Labute approximate surface area is 129 Å². The van der Waals surface area contributed by atoms with Crippen molar-refractivity contribution in [1.29, 1.82) is 0 Å². The number of hydrogen-bond donors (Lipinski definition) is 2. The third-order valence-corrected chi connectivity index (χ3v) is 6.33. The zero-order valence-electron chi connectivity index (χ0n) is 12.7. The van der Waals surface area contributed by atoms with Gasteiger partial charge >= 0.3 is 0 Å². The Balaban J connectivity index is 2.55. The standard InChI is InChI=1S/C14H19N3O2S2/c1-7-6-12(15)9(3)13(8(7)2)21(18,19)17-14-16-10(4)11(5)20-14/h6H,15H2,1-5H3,(H,16,17). The molecule has 0 aliphatic carbocycles. The Bertz CT molecular complexity index is 762. The lowest BCUT2D eigenvalue weighted by atomic mass is 10.1. The molecule has 1 aromatic carbocycles. The summed E-state index contributed by atoms with van der Waals surface area (Å²) in [6.07, 6.45) is 0. The largest absolute Gasteiger partial charge is 0.398 e. The number of nitrogen functional groups attached to an aromatic ring is 1. The monoisotopic (exact) mass is 325 g/mol. The van der Waals surface area contributed by atoms with Gasteiger partial charge in [0.2, 0.25) is 0 Å². The summed E-state index contributed by atoms with van der Waals surface area (Å²) in [5.41, 5.74) is 9.33. The number of nitrogens with two attached hydrogens (primary N) is 1. The van der Waals surface area contributed by atoms with Gasteiger partial charge in [0, 0.05) is 10.6 Å². The predicted octanol–water partition coefficient (Wildman–Crippen LogP) is 3.07. The van der Waals surface area contributed by atoms with E-state index in [0.29, 0.717) is 21.9 Å². The van der Waals surface area contributed by atoms with Crippen LogP contribution in [0.1, 0.15) is 27.3 Å². The number of sulfonamides is 1. The van der Waals surface area contributed by atoms with E-state index >= 15 is 0 Å². The summed E-state index contributed by atoms with van der Waals surface area (Å²) in [5.74, 6) is 0. The molecular weight excluding hydrogens is 306 g/mol. The Morgan fingerprint density at radius 3 is 2.29 bits per heavy atom. The number of hydrogen-bond acceptors (Lipinski definition) is 5. The maximum absolute atomic E-state index is 12.7. The van der Waals surface area contributed by atoms with E-state index in [1.807, 2.05) is 20.8 Å². The van der Waals surface area contributed by atoms with Gasteiger partial charge in [0.15, 0.2) is 5.13 Å². The van der Waals surface area contributed by atoms with E-state index in [4.69, 9.17) is 5.73 Å². The molecule has 0 saturated heterocycles. The molecule has 3 N–H and O–H groups in total. The van der Waals surface area contributed by atoms with Crippen LogP contribution < -0.4 is 10.5 Å². The highest BCUT2D eigenvalue weighted by molar-refractivity contribution is 7.93. The van der Waals surface area contributed by atoms with Crippen LogP contribution >= 0.6 is 11.3 Å². The Morgan fingerprint density at radius 1 is 1.14 bits per heavy atom. The maximum atomic E-state index is 12.7. The van der Waals surface area contributed by atoms with E-state index in [0.717, 1.165) is 16.1 Å². The number of nitrogens with zero attached hydrogens (tertiary/aromatic N) is 1. The molecule has 0 radical (unpaired) electrons. The van der Waals surface area contributed by atoms with Crippen molar-refractivity contribution < 1.29 is 8.42 Å². The molecular formula is C14H19N3O2S2. The lowest BCUT2D eigenvalue weighted by Gasteiger charge is -2.15. The van der Waals surface area contributed by atoms with Crippen molar-refractivity contribution in [2.75, 3.05) is 10.5 Å². The zero-order chi connectivity index (χ0) is 15.9. The van der Waals surface area contributed by atoms with Crippen LogP contribution in [0.3, 0.4) is 0 Å². The molecule has 0 amide bonds. The van der Waals surface area contributed by atoms with Crippen LogP contribution in [0.2, 0.25) is 0 Å². The van der Waals surface area contributed by atoms with Gasteiger partial charge in [0.05, 0.1) is 10.6 Å². The van der Waals surface area contributed by atoms with Crippen molar-refractivity contribution in [2.24, 2.45) is 0 Å². The molecule has 0 spiro atoms. The lowest BCUT2D eigenvalue weighted by molar-refractivity contribution is 0.600. The normalized spacial score (nSPS) is 11.7. The summed E-state index contributed by atoms with van der Waals surface area (Å²) in [4.78, 5) is 5.45. The molecule has 21 heavy (non-hydrogen) atoms. The first kappa shape index (κ1) is 15.8. The maximum Gasteiger partial charge on any atom is 0.264 e. The van der Waals surface area contributed by atoms with Gasteiger partial charge in [0.1, 0.15) is 0 Å². The summed E-state index contributed by atoms with van der Waals surface area (Å²) >= 11 is 1.32. The Kier molecular flexibility index (Phi) is 3.99. The summed E-state index contributed by atoms with van der Waals surface area (Å²) in [7, 11) is -3.71. The predicted molar refractivity (Wildman–Crippen MR) is 87.5 cm³/mol. The molecule has 5 nitrogen and oxygen atoms in total. The average Bonchev–Trinajstić information content (AvgIpc) is 2.64. The van der Waals surface area contributed by atoms with E-state index in [9.17, 15) is 8.42 Å². The van der Waals surface area contributed by atoms with Crippen LogP contribution in [0.25, 0.3) is 0 Å². The van der Waals surface area contributed by atoms with E-state index < -0.39 is 10.0 Å². The Morgan fingerprint density at radius 2 is 1.76 bits per heavy atom.